The molecule has 0 unspecified atom stereocenters. The number of rotatable bonds is 8. The van der Waals surface area contributed by atoms with Gasteiger partial charge in [0.1, 0.15) is 5.75 Å². The molecule has 0 aliphatic heterocycles. The number of methoxy groups -OCH3 is 1. The van der Waals surface area contributed by atoms with Crippen LogP contribution in [0.1, 0.15) is 56.8 Å². The fourth-order valence-corrected chi connectivity index (χ4v) is 2.00. The van der Waals surface area contributed by atoms with Crippen LogP contribution in [0.3, 0.4) is 0 Å². The van der Waals surface area contributed by atoms with Gasteiger partial charge in [-0.25, -0.2) is 4.74 Å². The molecule has 1 amide bonds. The lowest BCUT2D eigenvalue weighted by atomic mass is 10.1. The summed E-state index contributed by atoms with van der Waals surface area (Å²) in [5, 5.41) is 14.5. The third kappa shape index (κ3) is 7.17. The highest BCUT2D eigenvalue weighted by atomic mass is 16.5. The maximum Gasteiger partial charge on any atom is 0.251 e. The zero-order chi connectivity index (χ0) is 17.3. The molecule has 23 heavy (non-hydrogen) atoms. The first-order chi connectivity index (χ1) is 10.8. The standard InChI is InChI=1S/C18H28N2O3/c1-18(2,3)20(22)13-8-6-5-7-12-19-17(21)15-10-9-11-16(14-15)23-4/h9-11,13-14H,5-8,12H2,1-4H3,(H,19,21)/b20-13-. The Morgan fingerprint density at radius 1 is 1.30 bits per heavy atom. The van der Waals surface area contributed by atoms with Crippen molar-refractivity contribution in [3.8, 4) is 5.75 Å². The second-order valence-corrected chi connectivity index (χ2v) is 6.52. The van der Waals surface area contributed by atoms with Crippen molar-refractivity contribution in [2.75, 3.05) is 13.7 Å². The number of carbonyl (C=O) groups is 1. The molecule has 0 bridgehead atoms. The second kappa shape index (κ2) is 9.18. The average Bonchev–Trinajstić information content (AvgIpc) is 2.52. The van der Waals surface area contributed by atoms with E-state index in [0.29, 0.717) is 17.9 Å². The molecule has 5 nitrogen and oxygen atoms in total. The minimum absolute atomic E-state index is 0.0890. The van der Waals surface area contributed by atoms with Crippen LogP contribution < -0.4 is 10.1 Å². The molecule has 0 fully saturated rings. The maximum absolute atomic E-state index is 12.0. The highest BCUT2D eigenvalue weighted by Crippen LogP contribution is 2.12. The molecule has 0 aromatic heterocycles. The summed E-state index contributed by atoms with van der Waals surface area (Å²) in [4.78, 5) is 12.0. The van der Waals surface area contributed by atoms with Crippen LogP contribution in [-0.4, -0.2) is 36.1 Å². The summed E-state index contributed by atoms with van der Waals surface area (Å²) in [7, 11) is 1.58. The van der Waals surface area contributed by atoms with Crippen LogP contribution in [0.2, 0.25) is 0 Å². The van der Waals surface area contributed by atoms with Crippen molar-refractivity contribution in [1.29, 1.82) is 0 Å². The third-order valence-electron chi connectivity index (χ3n) is 3.45. The van der Waals surface area contributed by atoms with E-state index in [0.717, 1.165) is 30.4 Å². The largest absolute Gasteiger partial charge is 0.624 e. The number of hydrogen-bond acceptors (Lipinski definition) is 3. The predicted octanol–water partition coefficient (Wildman–Crippen LogP) is 3.37. The maximum atomic E-state index is 12.0. The topological polar surface area (TPSA) is 64.4 Å². The Hall–Kier alpha value is -2.04. The number of nitrogens with zero attached hydrogens (tertiary/aromatic N) is 1. The van der Waals surface area contributed by atoms with Gasteiger partial charge >= 0.3 is 0 Å². The van der Waals surface area contributed by atoms with Crippen LogP contribution in [0.15, 0.2) is 24.3 Å². The van der Waals surface area contributed by atoms with Gasteiger partial charge in [-0.2, -0.15) is 0 Å². The molecule has 0 saturated carbocycles. The summed E-state index contributed by atoms with van der Waals surface area (Å²) in [6.07, 6.45) is 5.30. The van der Waals surface area contributed by atoms with Gasteiger partial charge in [0.2, 0.25) is 0 Å². The SMILES string of the molecule is COc1cccc(C(=O)NCCCCC/C=[N+](\[O-])C(C)(C)C)c1. The van der Waals surface area contributed by atoms with Crippen molar-refractivity contribution in [1.82, 2.24) is 5.32 Å². The number of nitrogens with one attached hydrogen (secondary N) is 1. The molecule has 0 saturated heterocycles. The average molecular weight is 320 g/mol. The zero-order valence-electron chi connectivity index (χ0n) is 14.6. The van der Waals surface area contributed by atoms with E-state index in [2.05, 4.69) is 5.32 Å². The Kier molecular flexibility index (Phi) is 7.59. The van der Waals surface area contributed by atoms with Crippen molar-refractivity contribution in [2.24, 2.45) is 0 Å². The highest BCUT2D eigenvalue weighted by Gasteiger charge is 2.17. The summed E-state index contributed by atoms with van der Waals surface area (Å²) < 4.78 is 6.12. The number of amides is 1. The number of ether oxygens (including phenoxy) is 1. The van der Waals surface area contributed by atoms with E-state index < -0.39 is 0 Å². The van der Waals surface area contributed by atoms with Crippen LogP contribution in [0.5, 0.6) is 5.75 Å². The lowest BCUT2D eigenvalue weighted by Gasteiger charge is -2.18. The highest BCUT2D eigenvalue weighted by molar-refractivity contribution is 5.94. The molecular formula is C18H28N2O3. The molecule has 0 heterocycles. The van der Waals surface area contributed by atoms with Crippen LogP contribution >= 0.6 is 0 Å². The van der Waals surface area contributed by atoms with Gasteiger partial charge in [-0.05, 0) is 31.0 Å². The first kappa shape index (κ1) is 19.0. The molecule has 1 aromatic carbocycles. The Morgan fingerprint density at radius 2 is 2.04 bits per heavy atom. The minimum Gasteiger partial charge on any atom is -0.624 e. The van der Waals surface area contributed by atoms with Gasteiger partial charge in [0.25, 0.3) is 5.91 Å². The van der Waals surface area contributed by atoms with E-state index in [1.54, 1.807) is 31.5 Å². The first-order valence-corrected chi connectivity index (χ1v) is 8.06. The number of carbonyl (C=O) groups excluding carboxylic acids is 1. The van der Waals surface area contributed by atoms with Crippen molar-refractivity contribution in [3.63, 3.8) is 0 Å². The summed E-state index contributed by atoms with van der Waals surface area (Å²) in [6.45, 7) is 6.32. The minimum atomic E-state index is -0.370. The van der Waals surface area contributed by atoms with Crippen LogP contribution in [-0.2, 0) is 0 Å². The van der Waals surface area contributed by atoms with Gasteiger partial charge in [-0.1, -0.05) is 12.5 Å². The Morgan fingerprint density at radius 3 is 2.70 bits per heavy atom. The summed E-state index contributed by atoms with van der Waals surface area (Å²) in [5.41, 5.74) is 0.231. The van der Waals surface area contributed by atoms with Gasteiger partial charge in [0.05, 0.1) is 7.11 Å². The van der Waals surface area contributed by atoms with Gasteiger partial charge in [0, 0.05) is 39.3 Å². The Balaban J connectivity index is 2.21. The van der Waals surface area contributed by atoms with E-state index in [9.17, 15) is 10.0 Å². The molecule has 1 aromatic rings. The Labute approximate surface area is 138 Å². The normalized spacial score (nSPS) is 12.1. The predicted molar refractivity (Wildman–Crippen MR) is 93.2 cm³/mol. The smallest absolute Gasteiger partial charge is 0.251 e. The molecule has 5 heteroatoms. The molecule has 0 radical (unpaired) electrons. The third-order valence-corrected chi connectivity index (χ3v) is 3.45. The van der Waals surface area contributed by atoms with Crippen LogP contribution in [0, 0.1) is 5.21 Å². The van der Waals surface area contributed by atoms with Crippen molar-refractivity contribution >= 4 is 12.1 Å². The lowest BCUT2D eigenvalue weighted by Crippen LogP contribution is -2.29. The molecular weight excluding hydrogens is 292 g/mol. The van der Waals surface area contributed by atoms with Gasteiger partial charge in [0.15, 0.2) is 11.8 Å². The summed E-state index contributed by atoms with van der Waals surface area (Å²) >= 11 is 0. The number of benzene rings is 1. The fraction of sp³-hybridized carbons (Fsp3) is 0.556. The second-order valence-electron chi connectivity index (χ2n) is 6.52. The van der Waals surface area contributed by atoms with Crippen LogP contribution in [0.4, 0.5) is 0 Å². The molecule has 128 valence electrons. The van der Waals surface area contributed by atoms with Gasteiger partial charge in [-0.3, -0.25) is 4.79 Å². The monoisotopic (exact) mass is 320 g/mol. The van der Waals surface area contributed by atoms with E-state index >= 15 is 0 Å². The van der Waals surface area contributed by atoms with Gasteiger partial charge < -0.3 is 15.3 Å². The molecule has 1 N–H and O–H groups in total. The molecule has 0 spiro atoms. The lowest BCUT2D eigenvalue weighted by molar-refractivity contribution is -0.532. The molecule has 0 aliphatic carbocycles. The van der Waals surface area contributed by atoms with E-state index in [-0.39, 0.29) is 11.4 Å². The quantitative estimate of drug-likeness (QED) is 0.263. The molecule has 0 atom stereocenters. The zero-order valence-corrected chi connectivity index (χ0v) is 14.6. The summed E-state index contributed by atoms with van der Waals surface area (Å²) in [6, 6.07) is 7.10. The van der Waals surface area contributed by atoms with Crippen LogP contribution in [0.25, 0.3) is 0 Å². The molecule has 1 rings (SSSR count). The number of hydrogen-bond donors (Lipinski definition) is 1. The fourth-order valence-electron chi connectivity index (χ4n) is 2.00. The number of hydroxylamine groups is 1. The van der Waals surface area contributed by atoms with Crippen molar-refractivity contribution < 1.29 is 14.3 Å². The van der Waals surface area contributed by atoms with E-state index in [1.807, 2.05) is 26.8 Å². The summed E-state index contributed by atoms with van der Waals surface area (Å²) in [5.74, 6) is 0.586. The van der Waals surface area contributed by atoms with E-state index in [1.165, 1.54) is 0 Å². The number of unbranched alkanes of at least 4 members (excludes halogenated alkanes) is 3. The van der Waals surface area contributed by atoms with E-state index in [4.69, 9.17) is 4.74 Å². The van der Waals surface area contributed by atoms with Crippen molar-refractivity contribution in [3.05, 3.63) is 35.0 Å². The Bertz CT molecular complexity index is 533. The van der Waals surface area contributed by atoms with Crippen molar-refractivity contribution in [2.45, 2.75) is 52.0 Å². The first-order valence-electron chi connectivity index (χ1n) is 8.06. The molecule has 0 aliphatic rings. The van der Waals surface area contributed by atoms with Gasteiger partial charge in [-0.15, -0.1) is 0 Å².